The van der Waals surface area contributed by atoms with Crippen molar-refractivity contribution in [2.24, 2.45) is 0 Å². The molecule has 2 fully saturated rings. The quantitative estimate of drug-likeness (QED) is 0.901. The second kappa shape index (κ2) is 8.08. The van der Waals surface area contributed by atoms with Gasteiger partial charge in [0, 0.05) is 37.5 Å². The Hall–Kier alpha value is -2.42. The van der Waals surface area contributed by atoms with E-state index in [1.54, 1.807) is 6.07 Å². The molecule has 0 saturated carbocycles. The first-order valence-electron chi connectivity index (χ1n) is 9.65. The molecule has 1 unspecified atom stereocenters. The van der Waals surface area contributed by atoms with Crippen LogP contribution in [0.25, 0.3) is 11.1 Å². The number of rotatable bonds is 4. The summed E-state index contributed by atoms with van der Waals surface area (Å²) in [5.41, 5.74) is 4.24. The fourth-order valence-electron chi connectivity index (χ4n) is 3.71. The van der Waals surface area contributed by atoms with Gasteiger partial charge in [0.05, 0.1) is 11.7 Å². The highest BCUT2D eigenvalue weighted by atomic mass is 19.1. The lowest BCUT2D eigenvalue weighted by molar-refractivity contribution is 0.0675. The maximum atomic E-state index is 14.2. The number of anilines is 1. The first-order valence-corrected chi connectivity index (χ1v) is 9.65. The molecule has 2 aromatic rings. The minimum absolute atomic E-state index is 0.0818. The molecule has 2 heterocycles. The molecule has 2 saturated heterocycles. The van der Waals surface area contributed by atoms with Gasteiger partial charge >= 0.3 is 0 Å². The molecule has 4 nitrogen and oxygen atoms in total. The first kappa shape index (κ1) is 18.0. The van der Waals surface area contributed by atoms with Crippen molar-refractivity contribution in [3.8, 4) is 17.2 Å². The van der Waals surface area contributed by atoms with E-state index in [4.69, 9.17) is 10.00 Å². The van der Waals surface area contributed by atoms with Gasteiger partial charge in [-0.25, -0.2) is 4.39 Å². The van der Waals surface area contributed by atoms with E-state index in [-0.39, 0.29) is 11.7 Å². The normalized spacial score (nSPS) is 19.9. The largest absolute Gasteiger partial charge is 0.377 e. The number of hydrogen-bond donors (Lipinski definition) is 1. The van der Waals surface area contributed by atoms with Crippen LogP contribution in [0, 0.1) is 17.1 Å². The molecular formula is C22H24FN3O. The van der Waals surface area contributed by atoms with Crippen molar-refractivity contribution in [2.45, 2.75) is 25.4 Å². The van der Waals surface area contributed by atoms with Crippen LogP contribution in [-0.4, -0.2) is 38.9 Å². The zero-order valence-electron chi connectivity index (χ0n) is 15.4. The van der Waals surface area contributed by atoms with Crippen LogP contribution in [0.2, 0.25) is 0 Å². The van der Waals surface area contributed by atoms with Crippen molar-refractivity contribution >= 4 is 5.69 Å². The Kier molecular flexibility index (Phi) is 5.38. The Balaban J connectivity index is 1.66. The maximum absolute atomic E-state index is 14.2. The van der Waals surface area contributed by atoms with Gasteiger partial charge in [-0.15, -0.1) is 0 Å². The molecule has 0 aromatic heterocycles. The Bertz CT molecular complexity index is 849. The molecule has 1 atom stereocenters. The van der Waals surface area contributed by atoms with E-state index in [1.807, 2.05) is 12.1 Å². The van der Waals surface area contributed by atoms with E-state index in [0.717, 1.165) is 62.4 Å². The van der Waals surface area contributed by atoms with Crippen molar-refractivity contribution in [1.29, 1.82) is 5.26 Å². The number of halogens is 1. The molecule has 0 amide bonds. The van der Waals surface area contributed by atoms with E-state index < -0.39 is 5.82 Å². The molecule has 27 heavy (non-hydrogen) atoms. The number of ether oxygens (including phenoxy) is 1. The van der Waals surface area contributed by atoms with Crippen LogP contribution in [-0.2, 0) is 11.2 Å². The lowest BCUT2D eigenvalue weighted by atomic mass is 9.95. The molecule has 2 aromatic carbocycles. The van der Waals surface area contributed by atoms with E-state index in [0.29, 0.717) is 0 Å². The molecule has 1 N–H and O–H groups in total. The zero-order valence-corrected chi connectivity index (χ0v) is 15.4. The third-order valence-corrected chi connectivity index (χ3v) is 5.35. The minimum atomic E-state index is -0.466. The Morgan fingerprint density at radius 1 is 1.19 bits per heavy atom. The van der Waals surface area contributed by atoms with Crippen LogP contribution in [0.15, 0.2) is 36.4 Å². The number of hydrogen-bond acceptors (Lipinski definition) is 4. The topological polar surface area (TPSA) is 48.3 Å². The van der Waals surface area contributed by atoms with E-state index in [2.05, 4.69) is 28.4 Å². The molecule has 0 bridgehead atoms. The molecule has 5 heteroatoms. The summed E-state index contributed by atoms with van der Waals surface area (Å²) in [6.07, 6.45) is 3.22. The second-order valence-corrected chi connectivity index (χ2v) is 7.25. The standard InChI is InChI=1S/C22H24FN3O/c23-21-13-17(4-5-18(21)14-24)20-12-16(3-6-22(20)26-8-2-9-26)11-19-15-25-7-1-10-27-19/h3-6,12-13,19,25H,1-2,7-11,15H2. The van der Waals surface area contributed by atoms with Gasteiger partial charge < -0.3 is 15.0 Å². The summed E-state index contributed by atoms with van der Waals surface area (Å²) >= 11 is 0. The predicted molar refractivity (Wildman–Crippen MR) is 104 cm³/mol. The van der Waals surface area contributed by atoms with Gasteiger partial charge in [0.1, 0.15) is 11.9 Å². The monoisotopic (exact) mass is 365 g/mol. The molecule has 0 aliphatic carbocycles. The van der Waals surface area contributed by atoms with E-state index in [1.165, 1.54) is 18.1 Å². The summed E-state index contributed by atoms with van der Waals surface area (Å²) in [6.45, 7) is 4.70. The lowest BCUT2D eigenvalue weighted by Gasteiger charge is -2.35. The van der Waals surface area contributed by atoms with Gasteiger partial charge in [0.15, 0.2) is 0 Å². The summed E-state index contributed by atoms with van der Waals surface area (Å²) in [5.74, 6) is -0.466. The van der Waals surface area contributed by atoms with Gasteiger partial charge in [0.25, 0.3) is 0 Å². The summed E-state index contributed by atoms with van der Waals surface area (Å²) in [5, 5.41) is 12.4. The summed E-state index contributed by atoms with van der Waals surface area (Å²) in [6, 6.07) is 13.2. The number of nitriles is 1. The summed E-state index contributed by atoms with van der Waals surface area (Å²) in [7, 11) is 0. The van der Waals surface area contributed by atoms with E-state index in [9.17, 15) is 4.39 Å². The van der Waals surface area contributed by atoms with Crippen molar-refractivity contribution in [2.75, 3.05) is 37.7 Å². The molecule has 4 rings (SSSR count). The van der Waals surface area contributed by atoms with Crippen molar-refractivity contribution in [3.63, 3.8) is 0 Å². The highest BCUT2D eigenvalue weighted by Gasteiger charge is 2.20. The van der Waals surface area contributed by atoms with Gasteiger partial charge in [-0.2, -0.15) is 5.26 Å². The van der Waals surface area contributed by atoms with Crippen molar-refractivity contribution in [1.82, 2.24) is 5.32 Å². The van der Waals surface area contributed by atoms with Gasteiger partial charge in [-0.1, -0.05) is 12.1 Å². The van der Waals surface area contributed by atoms with Crippen LogP contribution in [0.4, 0.5) is 10.1 Å². The third-order valence-electron chi connectivity index (χ3n) is 5.35. The second-order valence-electron chi connectivity index (χ2n) is 7.25. The fourth-order valence-corrected chi connectivity index (χ4v) is 3.71. The SMILES string of the molecule is N#Cc1ccc(-c2cc(CC3CNCCCO3)ccc2N2CCC2)cc1F. The highest BCUT2D eigenvalue weighted by Crippen LogP contribution is 2.35. The number of nitrogens with one attached hydrogen (secondary N) is 1. The zero-order chi connectivity index (χ0) is 18.6. The fraction of sp³-hybridized carbons (Fsp3) is 0.409. The minimum Gasteiger partial charge on any atom is -0.377 e. The Labute approximate surface area is 159 Å². The lowest BCUT2D eigenvalue weighted by Crippen LogP contribution is -2.37. The van der Waals surface area contributed by atoms with Crippen molar-refractivity contribution in [3.05, 3.63) is 53.3 Å². The highest BCUT2D eigenvalue weighted by molar-refractivity contribution is 5.80. The summed E-state index contributed by atoms with van der Waals surface area (Å²) < 4.78 is 20.2. The van der Waals surface area contributed by atoms with Gasteiger partial charge in [0.2, 0.25) is 0 Å². The average molecular weight is 365 g/mol. The molecule has 0 radical (unpaired) electrons. The molecule has 2 aliphatic rings. The van der Waals surface area contributed by atoms with Crippen LogP contribution in [0.3, 0.4) is 0 Å². The van der Waals surface area contributed by atoms with E-state index >= 15 is 0 Å². The number of benzene rings is 2. The summed E-state index contributed by atoms with van der Waals surface area (Å²) in [4.78, 5) is 2.32. The van der Waals surface area contributed by atoms with Gasteiger partial charge in [-0.05, 0) is 61.2 Å². The third kappa shape index (κ3) is 3.97. The predicted octanol–water partition coefficient (Wildman–Crippen LogP) is 3.50. The van der Waals surface area contributed by atoms with Crippen LogP contribution >= 0.6 is 0 Å². The molecule has 0 spiro atoms. The average Bonchev–Trinajstić information content (AvgIpc) is 2.90. The maximum Gasteiger partial charge on any atom is 0.141 e. The molecular weight excluding hydrogens is 341 g/mol. The number of nitrogens with zero attached hydrogens (tertiary/aromatic N) is 2. The Morgan fingerprint density at radius 3 is 2.81 bits per heavy atom. The first-order chi connectivity index (χ1) is 13.2. The van der Waals surface area contributed by atoms with Crippen LogP contribution < -0.4 is 10.2 Å². The van der Waals surface area contributed by atoms with Gasteiger partial charge in [-0.3, -0.25) is 0 Å². The molecule has 140 valence electrons. The van der Waals surface area contributed by atoms with Crippen LogP contribution in [0.1, 0.15) is 24.0 Å². The molecule has 2 aliphatic heterocycles. The van der Waals surface area contributed by atoms with Crippen LogP contribution in [0.5, 0.6) is 0 Å². The Morgan fingerprint density at radius 2 is 2.07 bits per heavy atom. The van der Waals surface area contributed by atoms with Crippen molar-refractivity contribution < 1.29 is 9.13 Å². The smallest absolute Gasteiger partial charge is 0.141 e.